The van der Waals surface area contributed by atoms with Gasteiger partial charge in [-0.3, -0.25) is 9.69 Å². The first kappa shape index (κ1) is 27.2. The van der Waals surface area contributed by atoms with E-state index in [0.717, 1.165) is 41.7 Å². The molecule has 4 rings (SSSR count). The van der Waals surface area contributed by atoms with Crippen LogP contribution in [-0.4, -0.2) is 64.9 Å². The Bertz CT molecular complexity index is 1100. The number of likely N-dealkylation sites (tertiary alicyclic amines) is 1. The van der Waals surface area contributed by atoms with E-state index in [2.05, 4.69) is 39.8 Å². The normalized spacial score (nSPS) is 21.2. The van der Waals surface area contributed by atoms with Gasteiger partial charge in [0.25, 0.3) is 0 Å². The molecule has 0 atom stereocenters. The third-order valence-electron chi connectivity index (χ3n) is 7.62. The average Bonchev–Trinajstić information content (AvgIpc) is 3.21. The molecule has 0 spiro atoms. The number of nitrogens with one attached hydrogen (secondary N) is 3. The molecule has 2 heterocycles. The third kappa shape index (κ3) is 6.37. The summed E-state index contributed by atoms with van der Waals surface area (Å²) in [6.45, 7) is 8.34. The van der Waals surface area contributed by atoms with Crippen molar-refractivity contribution in [3.05, 3.63) is 23.8 Å². The number of halogens is 3. The van der Waals surface area contributed by atoms with E-state index in [9.17, 15) is 22.8 Å². The Morgan fingerprint density at radius 1 is 1.14 bits per heavy atom. The van der Waals surface area contributed by atoms with E-state index in [1.54, 1.807) is 0 Å². The summed E-state index contributed by atoms with van der Waals surface area (Å²) in [5.41, 5.74) is -0.621. The molecule has 37 heavy (non-hydrogen) atoms. The second-order valence-corrected chi connectivity index (χ2v) is 10.6. The van der Waals surface area contributed by atoms with E-state index < -0.39 is 17.8 Å². The van der Waals surface area contributed by atoms with Crippen LogP contribution in [0.15, 0.2) is 18.2 Å². The van der Waals surface area contributed by atoms with Crippen molar-refractivity contribution in [3.63, 3.8) is 0 Å². The number of fused-ring (bicyclic) bond motifs is 1. The topological polar surface area (TPSA) is 91.3 Å². The summed E-state index contributed by atoms with van der Waals surface area (Å²) in [5, 5.41) is 12.8. The Kier molecular flexibility index (Phi) is 8.30. The lowest BCUT2D eigenvalue weighted by Crippen LogP contribution is -2.63. The summed E-state index contributed by atoms with van der Waals surface area (Å²) in [4.78, 5) is 27.5. The lowest BCUT2D eigenvalue weighted by atomic mass is 9.78. The fourth-order valence-electron chi connectivity index (χ4n) is 5.36. The van der Waals surface area contributed by atoms with Crippen LogP contribution in [0.1, 0.15) is 58.4 Å². The number of alkyl halides is 3. The molecule has 0 bridgehead atoms. The van der Waals surface area contributed by atoms with E-state index in [-0.39, 0.29) is 35.2 Å². The van der Waals surface area contributed by atoms with Crippen LogP contribution < -0.4 is 16.0 Å². The Morgan fingerprint density at radius 3 is 2.46 bits per heavy atom. The summed E-state index contributed by atoms with van der Waals surface area (Å²) >= 11 is 0. The zero-order chi connectivity index (χ0) is 26.7. The number of rotatable bonds is 8. The number of benzene rings is 1. The smallest absolute Gasteiger partial charge is 0.359 e. The third-order valence-corrected chi connectivity index (χ3v) is 7.62. The zero-order valence-electron chi connectivity index (χ0n) is 21.7. The zero-order valence-corrected chi connectivity index (χ0v) is 21.7. The molecule has 2 aromatic rings. The summed E-state index contributed by atoms with van der Waals surface area (Å²) in [6, 6.07) is 3.19. The van der Waals surface area contributed by atoms with Crippen molar-refractivity contribution in [3.8, 4) is 0 Å². The fourth-order valence-corrected chi connectivity index (χ4v) is 5.36. The van der Waals surface area contributed by atoms with Gasteiger partial charge in [0.2, 0.25) is 5.91 Å². The molecule has 3 N–H and O–H groups in total. The highest BCUT2D eigenvalue weighted by molar-refractivity contribution is 5.98. The molecule has 0 radical (unpaired) electrons. The predicted octanol–water partition coefficient (Wildman–Crippen LogP) is 4.45. The maximum Gasteiger partial charge on any atom is 0.416 e. The minimum atomic E-state index is -4.54. The highest BCUT2D eigenvalue weighted by Crippen LogP contribution is 2.35. The minimum absolute atomic E-state index is 0.0556. The number of amides is 2. The molecule has 0 unspecified atom stereocenters. The summed E-state index contributed by atoms with van der Waals surface area (Å²) in [7, 11) is 0. The molecule has 8 nitrogen and oxygen atoms in total. The predicted molar refractivity (Wildman–Crippen MR) is 136 cm³/mol. The van der Waals surface area contributed by atoms with Crippen molar-refractivity contribution in [2.45, 2.75) is 71.1 Å². The van der Waals surface area contributed by atoms with Gasteiger partial charge in [0.05, 0.1) is 23.7 Å². The fraction of sp³-hybridized carbons (Fsp3) is 0.654. The number of aromatic nitrogens is 2. The van der Waals surface area contributed by atoms with Gasteiger partial charge in [-0.1, -0.05) is 20.8 Å². The molecule has 2 fully saturated rings. The lowest BCUT2D eigenvalue weighted by molar-refractivity contribution is -0.137. The van der Waals surface area contributed by atoms with Crippen LogP contribution in [0.4, 0.5) is 23.8 Å². The quantitative estimate of drug-likeness (QED) is 0.477. The van der Waals surface area contributed by atoms with Crippen LogP contribution >= 0.6 is 0 Å². The second-order valence-electron chi connectivity index (χ2n) is 10.6. The molecule has 2 amide bonds. The largest absolute Gasteiger partial charge is 0.416 e. The van der Waals surface area contributed by atoms with Gasteiger partial charge >= 0.3 is 12.2 Å². The second kappa shape index (κ2) is 11.3. The summed E-state index contributed by atoms with van der Waals surface area (Å²) in [5.74, 6) is 1.33. The van der Waals surface area contributed by atoms with E-state index >= 15 is 0 Å². The number of carbonyl (C=O) groups is 2. The van der Waals surface area contributed by atoms with Crippen LogP contribution in [0, 0.1) is 11.8 Å². The monoisotopic (exact) mass is 522 g/mol. The van der Waals surface area contributed by atoms with Crippen molar-refractivity contribution < 1.29 is 22.8 Å². The van der Waals surface area contributed by atoms with Crippen LogP contribution in [0.2, 0.25) is 0 Å². The van der Waals surface area contributed by atoms with Gasteiger partial charge in [-0.2, -0.15) is 17.9 Å². The van der Waals surface area contributed by atoms with Crippen LogP contribution in [0.3, 0.4) is 0 Å². The van der Waals surface area contributed by atoms with E-state index in [1.807, 2.05) is 6.92 Å². The molecule has 2 aliphatic rings. The van der Waals surface area contributed by atoms with Gasteiger partial charge in [0, 0.05) is 31.1 Å². The molecule has 1 saturated carbocycles. The van der Waals surface area contributed by atoms with Crippen LogP contribution in [0.25, 0.3) is 10.9 Å². The van der Waals surface area contributed by atoms with E-state index in [4.69, 9.17) is 0 Å². The first-order valence-electron chi connectivity index (χ1n) is 13.2. The summed E-state index contributed by atoms with van der Waals surface area (Å²) < 4.78 is 41.0. The highest BCUT2D eigenvalue weighted by atomic mass is 19.4. The number of hydrogen-bond donors (Lipinski definition) is 3. The molecule has 1 aromatic carbocycles. The molecule has 1 aliphatic carbocycles. The van der Waals surface area contributed by atoms with E-state index in [1.165, 1.54) is 31.7 Å². The van der Waals surface area contributed by atoms with Crippen molar-refractivity contribution >= 4 is 28.7 Å². The highest BCUT2D eigenvalue weighted by Gasteiger charge is 2.36. The van der Waals surface area contributed by atoms with Gasteiger partial charge < -0.3 is 16.0 Å². The lowest BCUT2D eigenvalue weighted by Gasteiger charge is -2.47. The van der Waals surface area contributed by atoms with Crippen molar-refractivity contribution in [1.29, 1.82) is 0 Å². The van der Waals surface area contributed by atoms with Gasteiger partial charge in [-0.05, 0) is 62.1 Å². The van der Waals surface area contributed by atoms with Crippen molar-refractivity contribution in [2.24, 2.45) is 11.8 Å². The molecule has 11 heteroatoms. The number of hydrogen-bond acceptors (Lipinski definition) is 5. The van der Waals surface area contributed by atoms with Crippen molar-refractivity contribution in [2.75, 3.05) is 31.5 Å². The minimum Gasteiger partial charge on any atom is -0.359 e. The van der Waals surface area contributed by atoms with Crippen molar-refractivity contribution in [1.82, 2.24) is 25.3 Å². The Labute approximate surface area is 215 Å². The first-order chi connectivity index (χ1) is 17.6. The molecular weight excluding hydrogens is 485 g/mol. The summed E-state index contributed by atoms with van der Waals surface area (Å²) in [6.07, 6.45) is 1.07. The van der Waals surface area contributed by atoms with Gasteiger partial charge in [-0.25, -0.2) is 4.79 Å². The Balaban J connectivity index is 1.34. The Morgan fingerprint density at radius 2 is 1.84 bits per heavy atom. The van der Waals surface area contributed by atoms with E-state index in [0.29, 0.717) is 19.0 Å². The maximum atomic E-state index is 13.3. The molecule has 1 saturated heterocycles. The van der Waals surface area contributed by atoms with Crippen LogP contribution in [0.5, 0.6) is 0 Å². The van der Waals surface area contributed by atoms with Gasteiger partial charge in [0.15, 0.2) is 5.82 Å². The number of anilines is 1. The van der Waals surface area contributed by atoms with Gasteiger partial charge in [-0.15, -0.1) is 5.10 Å². The van der Waals surface area contributed by atoms with Crippen LogP contribution in [-0.2, 0) is 11.0 Å². The number of carbonyl (C=O) groups excluding carboxylic acids is 2. The molecule has 1 aromatic heterocycles. The average molecular weight is 523 g/mol. The number of nitrogens with zero attached hydrogens (tertiary/aromatic N) is 3. The van der Waals surface area contributed by atoms with Gasteiger partial charge in [0.1, 0.15) is 0 Å². The molecular formula is C26H37F3N6O2. The standard InChI is InChI=1S/C26H37F3N6O2/c1-4-11-30-25(37)35-22-10-7-18(26(27,28)29)12-21(22)24(33-35)31-13-23(36)32-19-14-34(15-19)20-8-5-17(6-9-20)16(2)3/h7,10,12,16-17,19-20H,4-6,8-9,11,13-15H2,1-3H3,(H,30,37)(H,31,33)(H,32,36). The first-order valence-corrected chi connectivity index (χ1v) is 13.2. The molecule has 1 aliphatic heterocycles. The maximum absolute atomic E-state index is 13.3. The SMILES string of the molecule is CCCNC(=O)n1nc(NCC(=O)NC2CN(C3CCC(C(C)C)CC3)C2)c2cc(C(F)(F)F)ccc21. The molecule has 204 valence electrons. The Hall–Kier alpha value is -2.82.